The third-order valence-electron chi connectivity index (χ3n) is 2.73. The molecule has 102 valence electrons. The zero-order chi connectivity index (χ0) is 14.3. The highest BCUT2D eigenvalue weighted by Crippen LogP contribution is 2.15. The fourth-order valence-electron chi connectivity index (χ4n) is 1.68. The molecule has 1 aromatic carbocycles. The van der Waals surface area contributed by atoms with Crippen molar-refractivity contribution in [2.45, 2.75) is 20.3 Å². The van der Waals surface area contributed by atoms with E-state index in [0.29, 0.717) is 13.1 Å². The SMILES string of the molecule is C=CCNC(=O)CCN(C(C)=O)c1ccc(C)cc1. The molecule has 4 nitrogen and oxygen atoms in total. The van der Waals surface area contributed by atoms with Crippen molar-refractivity contribution in [3.05, 3.63) is 42.5 Å². The summed E-state index contributed by atoms with van der Waals surface area (Å²) in [7, 11) is 0. The maximum Gasteiger partial charge on any atom is 0.223 e. The zero-order valence-electron chi connectivity index (χ0n) is 11.5. The fourth-order valence-corrected chi connectivity index (χ4v) is 1.68. The van der Waals surface area contributed by atoms with E-state index in [2.05, 4.69) is 11.9 Å². The Morgan fingerprint density at radius 2 is 1.95 bits per heavy atom. The summed E-state index contributed by atoms with van der Waals surface area (Å²) in [5.41, 5.74) is 1.95. The van der Waals surface area contributed by atoms with Gasteiger partial charge in [-0.1, -0.05) is 23.8 Å². The zero-order valence-corrected chi connectivity index (χ0v) is 11.5. The Morgan fingerprint density at radius 1 is 1.32 bits per heavy atom. The van der Waals surface area contributed by atoms with Gasteiger partial charge in [-0.15, -0.1) is 6.58 Å². The van der Waals surface area contributed by atoms with Crippen LogP contribution in [0.5, 0.6) is 0 Å². The fraction of sp³-hybridized carbons (Fsp3) is 0.333. The normalized spacial score (nSPS) is 9.79. The van der Waals surface area contributed by atoms with Crippen LogP contribution in [0.4, 0.5) is 5.69 Å². The average molecular weight is 260 g/mol. The molecule has 0 aliphatic rings. The third kappa shape index (κ3) is 4.95. The molecule has 2 amide bonds. The van der Waals surface area contributed by atoms with Gasteiger partial charge in [0.1, 0.15) is 0 Å². The second-order valence-electron chi connectivity index (χ2n) is 4.35. The molecule has 0 atom stereocenters. The van der Waals surface area contributed by atoms with E-state index in [4.69, 9.17) is 0 Å². The van der Waals surface area contributed by atoms with E-state index in [0.717, 1.165) is 11.3 Å². The first-order chi connectivity index (χ1) is 9.04. The van der Waals surface area contributed by atoms with E-state index in [1.807, 2.05) is 31.2 Å². The maximum absolute atomic E-state index is 11.6. The Kier molecular flexibility index (Phi) is 5.79. The highest BCUT2D eigenvalue weighted by atomic mass is 16.2. The molecule has 0 aromatic heterocycles. The number of rotatable bonds is 6. The molecule has 0 spiro atoms. The number of anilines is 1. The van der Waals surface area contributed by atoms with Crippen molar-refractivity contribution in [3.63, 3.8) is 0 Å². The maximum atomic E-state index is 11.6. The summed E-state index contributed by atoms with van der Waals surface area (Å²) in [5, 5.41) is 2.69. The largest absolute Gasteiger partial charge is 0.353 e. The first-order valence-electron chi connectivity index (χ1n) is 6.27. The van der Waals surface area contributed by atoms with Crippen LogP contribution < -0.4 is 10.2 Å². The number of hydrogen-bond donors (Lipinski definition) is 1. The summed E-state index contributed by atoms with van der Waals surface area (Å²) in [6.07, 6.45) is 1.90. The van der Waals surface area contributed by atoms with Crippen molar-refractivity contribution in [2.24, 2.45) is 0 Å². The lowest BCUT2D eigenvalue weighted by Gasteiger charge is -2.21. The van der Waals surface area contributed by atoms with E-state index < -0.39 is 0 Å². The van der Waals surface area contributed by atoms with Gasteiger partial charge in [-0.3, -0.25) is 9.59 Å². The van der Waals surface area contributed by atoms with Gasteiger partial charge in [-0.25, -0.2) is 0 Å². The molecule has 0 aliphatic heterocycles. The molecular weight excluding hydrogens is 240 g/mol. The van der Waals surface area contributed by atoms with Crippen LogP contribution in [0.1, 0.15) is 18.9 Å². The van der Waals surface area contributed by atoms with Gasteiger partial charge >= 0.3 is 0 Å². The van der Waals surface area contributed by atoms with Crippen LogP contribution in [0.3, 0.4) is 0 Å². The molecule has 0 saturated carbocycles. The number of aryl methyl sites for hydroxylation is 1. The standard InChI is InChI=1S/C15H20N2O2/c1-4-10-16-15(19)9-11-17(13(3)18)14-7-5-12(2)6-8-14/h4-8H,1,9-11H2,2-3H3,(H,16,19). The molecule has 1 N–H and O–H groups in total. The number of carbonyl (C=O) groups excluding carboxylic acids is 2. The molecule has 0 aliphatic carbocycles. The van der Waals surface area contributed by atoms with Gasteiger partial charge in [0, 0.05) is 32.1 Å². The highest BCUT2D eigenvalue weighted by molar-refractivity contribution is 5.92. The summed E-state index contributed by atoms with van der Waals surface area (Å²) in [6, 6.07) is 7.67. The minimum Gasteiger partial charge on any atom is -0.353 e. The number of carbonyl (C=O) groups is 2. The predicted molar refractivity (Wildman–Crippen MR) is 77.0 cm³/mol. The van der Waals surface area contributed by atoms with Crippen LogP contribution in [-0.2, 0) is 9.59 Å². The summed E-state index contributed by atoms with van der Waals surface area (Å²) in [5.74, 6) is -0.154. The minimum absolute atomic E-state index is 0.0691. The lowest BCUT2D eigenvalue weighted by Crippen LogP contribution is -2.33. The van der Waals surface area contributed by atoms with Gasteiger partial charge in [-0.2, -0.15) is 0 Å². The van der Waals surface area contributed by atoms with Crippen LogP contribution in [-0.4, -0.2) is 24.9 Å². The molecule has 19 heavy (non-hydrogen) atoms. The van der Waals surface area contributed by atoms with Gasteiger partial charge in [-0.05, 0) is 19.1 Å². The van der Waals surface area contributed by atoms with Gasteiger partial charge < -0.3 is 10.2 Å². The van der Waals surface area contributed by atoms with Crippen LogP contribution in [0.15, 0.2) is 36.9 Å². The third-order valence-corrected chi connectivity index (χ3v) is 2.73. The summed E-state index contributed by atoms with van der Waals surface area (Å²) >= 11 is 0. The number of amides is 2. The van der Waals surface area contributed by atoms with Crippen molar-refractivity contribution >= 4 is 17.5 Å². The lowest BCUT2D eigenvalue weighted by atomic mass is 10.2. The van der Waals surface area contributed by atoms with Crippen LogP contribution in [0.2, 0.25) is 0 Å². The van der Waals surface area contributed by atoms with Crippen molar-refractivity contribution in [3.8, 4) is 0 Å². The molecule has 4 heteroatoms. The molecule has 1 aromatic rings. The minimum atomic E-state index is -0.0849. The monoisotopic (exact) mass is 260 g/mol. The molecular formula is C15H20N2O2. The van der Waals surface area contributed by atoms with Gasteiger partial charge in [0.2, 0.25) is 11.8 Å². The molecule has 0 bridgehead atoms. The van der Waals surface area contributed by atoms with Crippen molar-refractivity contribution in [1.29, 1.82) is 0 Å². The number of nitrogens with one attached hydrogen (secondary N) is 1. The smallest absolute Gasteiger partial charge is 0.223 e. The van der Waals surface area contributed by atoms with E-state index in [9.17, 15) is 9.59 Å². The van der Waals surface area contributed by atoms with Crippen molar-refractivity contribution in [1.82, 2.24) is 5.32 Å². The predicted octanol–water partition coefficient (Wildman–Crippen LogP) is 2.04. The molecule has 1 rings (SSSR count). The van der Waals surface area contributed by atoms with E-state index in [-0.39, 0.29) is 18.2 Å². The Hall–Kier alpha value is -2.10. The number of nitrogens with zero attached hydrogens (tertiary/aromatic N) is 1. The lowest BCUT2D eigenvalue weighted by molar-refractivity contribution is -0.120. The Labute approximate surface area is 114 Å². The van der Waals surface area contributed by atoms with Crippen molar-refractivity contribution in [2.75, 3.05) is 18.0 Å². The summed E-state index contributed by atoms with van der Waals surface area (Å²) < 4.78 is 0. The quantitative estimate of drug-likeness (QED) is 0.796. The van der Waals surface area contributed by atoms with Gasteiger partial charge in [0.05, 0.1) is 0 Å². The van der Waals surface area contributed by atoms with E-state index in [1.165, 1.54) is 6.92 Å². The highest BCUT2D eigenvalue weighted by Gasteiger charge is 2.12. The van der Waals surface area contributed by atoms with Crippen LogP contribution in [0, 0.1) is 6.92 Å². The van der Waals surface area contributed by atoms with E-state index >= 15 is 0 Å². The van der Waals surface area contributed by atoms with Crippen LogP contribution >= 0.6 is 0 Å². The number of hydrogen-bond acceptors (Lipinski definition) is 2. The second kappa shape index (κ2) is 7.36. The first-order valence-corrected chi connectivity index (χ1v) is 6.27. The van der Waals surface area contributed by atoms with Crippen molar-refractivity contribution < 1.29 is 9.59 Å². The first kappa shape index (κ1) is 15.0. The molecule has 0 unspecified atom stereocenters. The van der Waals surface area contributed by atoms with Gasteiger partial charge in [0.15, 0.2) is 0 Å². The molecule has 0 saturated heterocycles. The van der Waals surface area contributed by atoms with Crippen LogP contribution in [0.25, 0.3) is 0 Å². The number of benzene rings is 1. The average Bonchev–Trinajstić information content (AvgIpc) is 2.38. The Bertz CT molecular complexity index is 452. The van der Waals surface area contributed by atoms with E-state index in [1.54, 1.807) is 11.0 Å². The second-order valence-corrected chi connectivity index (χ2v) is 4.35. The summed E-state index contributed by atoms with van der Waals surface area (Å²) in [6.45, 7) is 7.85. The molecule has 0 heterocycles. The summed E-state index contributed by atoms with van der Waals surface area (Å²) in [4.78, 5) is 24.8. The Morgan fingerprint density at radius 3 is 2.47 bits per heavy atom. The molecule has 0 fully saturated rings. The van der Waals surface area contributed by atoms with Gasteiger partial charge in [0.25, 0.3) is 0 Å². The Balaban J connectivity index is 2.63. The topological polar surface area (TPSA) is 49.4 Å². The molecule has 0 radical (unpaired) electrons.